The SMILES string of the molecule is CC(C)(Oc1cccc(N2CCC[C@H](NC(=O)N(Cc3ccc(-c4cn[nH]c4)cc3)C3CC3)C2)c1)C(=O)NCC(=O)N1CCCC[C@H]1CN. The molecule has 12 nitrogen and oxygen atoms in total. The van der Waals surface area contributed by atoms with Crippen LogP contribution >= 0.6 is 0 Å². The summed E-state index contributed by atoms with van der Waals surface area (Å²) in [5, 5.41) is 13.0. The van der Waals surface area contributed by atoms with Crippen LogP contribution in [-0.4, -0.2) is 94.3 Å². The lowest BCUT2D eigenvalue weighted by molar-refractivity contribution is -0.139. The number of carbonyl (C=O) groups is 3. The van der Waals surface area contributed by atoms with Crippen molar-refractivity contribution >= 4 is 23.5 Å². The van der Waals surface area contributed by atoms with E-state index >= 15 is 0 Å². The van der Waals surface area contributed by atoms with Crippen molar-refractivity contribution in [3.63, 3.8) is 0 Å². The van der Waals surface area contributed by atoms with Gasteiger partial charge in [0.25, 0.3) is 5.91 Å². The van der Waals surface area contributed by atoms with Gasteiger partial charge >= 0.3 is 6.03 Å². The summed E-state index contributed by atoms with van der Waals surface area (Å²) in [5.41, 5.74) is 8.87. The van der Waals surface area contributed by atoms with Crippen LogP contribution in [0.25, 0.3) is 11.1 Å². The van der Waals surface area contributed by atoms with Gasteiger partial charge in [-0.25, -0.2) is 4.79 Å². The summed E-state index contributed by atoms with van der Waals surface area (Å²) in [5.74, 6) is 0.0869. The summed E-state index contributed by atoms with van der Waals surface area (Å²) in [6.07, 6.45) is 10.5. The van der Waals surface area contributed by atoms with Gasteiger partial charge in [0.2, 0.25) is 5.91 Å². The Bertz CT molecular complexity index is 1570. The molecule has 0 radical (unpaired) electrons. The van der Waals surface area contributed by atoms with Gasteiger partial charge in [0.15, 0.2) is 5.60 Å². The second kappa shape index (κ2) is 15.3. The fourth-order valence-electron chi connectivity index (χ4n) is 6.88. The highest BCUT2D eigenvalue weighted by atomic mass is 16.5. The molecule has 4 amide bonds. The number of nitrogens with two attached hydrogens (primary N) is 1. The number of amides is 4. The predicted octanol–water partition coefficient (Wildman–Crippen LogP) is 4.03. The van der Waals surface area contributed by atoms with Crippen LogP contribution in [0.4, 0.5) is 10.5 Å². The Morgan fingerprint density at radius 2 is 1.84 bits per heavy atom. The third-order valence-corrected chi connectivity index (χ3v) is 9.86. The number of aromatic amines is 1. The van der Waals surface area contributed by atoms with Crippen molar-refractivity contribution < 1.29 is 19.1 Å². The minimum Gasteiger partial charge on any atom is -0.478 e. The second-order valence-electron chi connectivity index (χ2n) is 14.0. The zero-order valence-corrected chi connectivity index (χ0v) is 28.7. The number of hydrogen-bond donors (Lipinski definition) is 4. The lowest BCUT2D eigenvalue weighted by Crippen LogP contribution is -2.53. The summed E-state index contributed by atoms with van der Waals surface area (Å²) < 4.78 is 6.19. The molecule has 262 valence electrons. The molecule has 0 unspecified atom stereocenters. The topological polar surface area (TPSA) is 149 Å². The first-order chi connectivity index (χ1) is 23.7. The Morgan fingerprint density at radius 3 is 2.57 bits per heavy atom. The third kappa shape index (κ3) is 8.72. The number of nitrogens with zero attached hydrogens (tertiary/aromatic N) is 4. The van der Waals surface area contributed by atoms with Gasteiger partial charge in [0.1, 0.15) is 5.75 Å². The molecule has 3 aromatic rings. The van der Waals surface area contributed by atoms with Crippen molar-refractivity contribution in [3.8, 4) is 16.9 Å². The van der Waals surface area contributed by atoms with E-state index in [9.17, 15) is 14.4 Å². The van der Waals surface area contributed by atoms with Gasteiger partial charge in [-0.1, -0.05) is 30.3 Å². The molecule has 49 heavy (non-hydrogen) atoms. The van der Waals surface area contributed by atoms with Crippen LogP contribution in [0.15, 0.2) is 60.9 Å². The number of urea groups is 1. The standard InChI is InChI=1S/C37H50N8O4/c1-37(2,35(47)39-23-34(46)44-18-4-3-8-32(44)20-38)49-33-10-5-9-31(19-33)43-17-6-7-29(25-43)42-36(48)45(30-15-16-30)24-26-11-13-27(14-12-26)28-21-40-41-22-28/h5,9-14,19,21-22,29-30,32H,3-4,6-8,15-18,20,23-25,38H2,1-2H3,(H,39,47)(H,40,41)(H,42,48)/t29-,32-/m0/s1. The summed E-state index contributed by atoms with van der Waals surface area (Å²) in [7, 11) is 0. The Labute approximate surface area is 288 Å². The quantitative estimate of drug-likeness (QED) is 0.227. The van der Waals surface area contributed by atoms with E-state index in [2.05, 4.69) is 50.0 Å². The Kier molecular flexibility index (Phi) is 10.7. The van der Waals surface area contributed by atoms with E-state index in [4.69, 9.17) is 10.5 Å². The lowest BCUT2D eigenvalue weighted by atomic mass is 10.0. The van der Waals surface area contributed by atoms with Crippen molar-refractivity contribution in [1.29, 1.82) is 0 Å². The number of benzene rings is 2. The van der Waals surface area contributed by atoms with Crippen LogP contribution in [-0.2, 0) is 16.1 Å². The van der Waals surface area contributed by atoms with E-state index in [1.807, 2.05) is 35.4 Å². The summed E-state index contributed by atoms with van der Waals surface area (Å²) in [6, 6.07) is 16.3. The van der Waals surface area contributed by atoms with Gasteiger partial charge < -0.3 is 35.8 Å². The number of likely N-dealkylation sites (tertiary alicyclic amines) is 1. The van der Waals surface area contributed by atoms with E-state index < -0.39 is 5.60 Å². The molecular formula is C37H50N8O4. The van der Waals surface area contributed by atoms with Crippen LogP contribution in [0.3, 0.4) is 0 Å². The van der Waals surface area contributed by atoms with Crippen molar-refractivity contribution in [1.82, 2.24) is 30.6 Å². The molecule has 2 atom stereocenters. The van der Waals surface area contributed by atoms with Gasteiger partial charge in [0.05, 0.1) is 12.7 Å². The number of anilines is 1. The fraction of sp³-hybridized carbons (Fsp3) is 0.514. The number of aromatic nitrogens is 2. The predicted molar refractivity (Wildman–Crippen MR) is 189 cm³/mol. The van der Waals surface area contributed by atoms with Gasteiger partial charge in [0, 0.05) is 74.4 Å². The highest BCUT2D eigenvalue weighted by Crippen LogP contribution is 2.30. The number of hydrogen-bond acceptors (Lipinski definition) is 7. The minimum atomic E-state index is -1.20. The highest BCUT2D eigenvalue weighted by molar-refractivity contribution is 5.89. The van der Waals surface area contributed by atoms with Crippen LogP contribution < -0.4 is 26.0 Å². The molecular weight excluding hydrogens is 620 g/mol. The van der Waals surface area contributed by atoms with Crippen LogP contribution in [0, 0.1) is 0 Å². The lowest BCUT2D eigenvalue weighted by Gasteiger charge is -2.36. The summed E-state index contributed by atoms with van der Waals surface area (Å²) in [6.45, 7) is 6.53. The Hall–Kier alpha value is -4.58. The molecule has 2 aliphatic heterocycles. The van der Waals surface area contributed by atoms with Crippen molar-refractivity contribution in [2.75, 3.05) is 37.6 Å². The summed E-state index contributed by atoms with van der Waals surface area (Å²) in [4.78, 5) is 45.6. The van der Waals surface area contributed by atoms with Gasteiger partial charge in [-0.15, -0.1) is 0 Å². The zero-order valence-electron chi connectivity index (χ0n) is 28.7. The summed E-state index contributed by atoms with van der Waals surface area (Å²) >= 11 is 0. The molecule has 0 bridgehead atoms. The first kappa shape index (κ1) is 34.3. The van der Waals surface area contributed by atoms with Gasteiger partial charge in [-0.2, -0.15) is 5.10 Å². The molecule has 0 spiro atoms. The Balaban J connectivity index is 1.02. The number of carbonyl (C=O) groups excluding carboxylic acids is 3. The Morgan fingerprint density at radius 1 is 1.02 bits per heavy atom. The third-order valence-electron chi connectivity index (χ3n) is 9.86. The van der Waals surface area contributed by atoms with E-state index in [1.165, 1.54) is 0 Å². The maximum absolute atomic E-state index is 13.6. The van der Waals surface area contributed by atoms with E-state index in [1.54, 1.807) is 24.9 Å². The molecule has 3 heterocycles. The maximum Gasteiger partial charge on any atom is 0.318 e. The zero-order chi connectivity index (χ0) is 34.4. The second-order valence-corrected chi connectivity index (χ2v) is 14.0. The van der Waals surface area contributed by atoms with Gasteiger partial charge in [-0.3, -0.25) is 14.7 Å². The highest BCUT2D eigenvalue weighted by Gasteiger charge is 2.35. The first-order valence-electron chi connectivity index (χ1n) is 17.7. The molecule has 1 saturated carbocycles. The average Bonchev–Trinajstić information content (AvgIpc) is 3.81. The largest absolute Gasteiger partial charge is 0.478 e. The van der Waals surface area contributed by atoms with E-state index in [0.717, 1.165) is 73.9 Å². The normalized spacial score (nSPS) is 19.7. The smallest absolute Gasteiger partial charge is 0.318 e. The monoisotopic (exact) mass is 670 g/mol. The minimum absolute atomic E-state index is 0.00840. The number of H-pyrrole nitrogens is 1. The molecule has 3 aliphatic rings. The number of piperidine rings is 2. The van der Waals surface area contributed by atoms with Crippen LogP contribution in [0.5, 0.6) is 5.75 Å². The number of ether oxygens (including phenoxy) is 1. The van der Waals surface area contributed by atoms with Crippen molar-refractivity contribution in [2.45, 2.75) is 89.1 Å². The molecule has 2 saturated heterocycles. The number of nitrogens with one attached hydrogen (secondary N) is 3. The van der Waals surface area contributed by atoms with Crippen molar-refractivity contribution in [3.05, 3.63) is 66.5 Å². The fourth-order valence-corrected chi connectivity index (χ4v) is 6.88. The molecule has 5 N–H and O–H groups in total. The number of rotatable bonds is 12. The van der Waals surface area contributed by atoms with Crippen LogP contribution in [0.1, 0.15) is 64.4 Å². The molecule has 3 fully saturated rings. The van der Waals surface area contributed by atoms with E-state index in [-0.39, 0.29) is 42.5 Å². The molecule has 6 rings (SSSR count). The average molecular weight is 671 g/mol. The molecule has 1 aliphatic carbocycles. The maximum atomic E-state index is 13.6. The van der Waals surface area contributed by atoms with Crippen molar-refractivity contribution in [2.24, 2.45) is 5.73 Å². The van der Waals surface area contributed by atoms with E-state index in [0.29, 0.717) is 31.9 Å². The molecule has 12 heteroatoms. The van der Waals surface area contributed by atoms with Gasteiger partial charge in [-0.05, 0) is 82.1 Å². The molecule has 1 aromatic heterocycles. The van der Waals surface area contributed by atoms with Crippen LogP contribution in [0.2, 0.25) is 0 Å². The molecule has 2 aromatic carbocycles. The first-order valence-corrected chi connectivity index (χ1v) is 17.7.